The summed E-state index contributed by atoms with van der Waals surface area (Å²) in [6.45, 7) is 0. The summed E-state index contributed by atoms with van der Waals surface area (Å²) in [6.07, 6.45) is 1.68. The summed E-state index contributed by atoms with van der Waals surface area (Å²) in [4.78, 5) is 0. The summed E-state index contributed by atoms with van der Waals surface area (Å²) in [7, 11) is 3.56. The highest BCUT2D eigenvalue weighted by Crippen LogP contribution is 1.63. The van der Waals surface area contributed by atoms with Gasteiger partial charge in [-0.25, -0.2) is 0 Å². The lowest BCUT2D eigenvalue weighted by molar-refractivity contribution is 0.923. The molecule has 0 atom stereocenters. The van der Waals surface area contributed by atoms with Crippen molar-refractivity contribution >= 4 is 0 Å². The second kappa shape index (κ2) is 3.33. The van der Waals surface area contributed by atoms with Crippen molar-refractivity contribution in [2.45, 2.75) is 0 Å². The van der Waals surface area contributed by atoms with Crippen LogP contribution in [0.3, 0.4) is 0 Å². The summed E-state index contributed by atoms with van der Waals surface area (Å²) in [5.74, 6) is 0.641. The Bertz CT molecular complexity index is 67.3. The summed E-state index contributed by atoms with van der Waals surface area (Å²) in [5, 5.41) is 5.51. The van der Waals surface area contributed by atoms with Crippen LogP contribution >= 0.6 is 0 Å². The molecular weight excluding hydrogens is 90.1 g/mol. The summed E-state index contributed by atoms with van der Waals surface area (Å²) in [6, 6.07) is 0. The fraction of sp³-hybridized carbons (Fsp3) is 0.500. The second-order valence-corrected chi connectivity index (χ2v) is 1.14. The van der Waals surface area contributed by atoms with Crippen LogP contribution in [0, 0.1) is 0 Å². The Morgan fingerprint density at radius 3 is 2.29 bits per heavy atom. The fourth-order valence-corrected chi connectivity index (χ4v) is 0.228. The van der Waals surface area contributed by atoms with Crippen molar-refractivity contribution in [1.29, 1.82) is 0 Å². The molecule has 0 aliphatic carbocycles. The molecule has 0 radical (unpaired) electrons. The van der Waals surface area contributed by atoms with Gasteiger partial charge in [0.2, 0.25) is 0 Å². The molecule has 0 aromatic carbocycles. The first-order valence-corrected chi connectivity index (χ1v) is 2.12. The van der Waals surface area contributed by atoms with E-state index in [-0.39, 0.29) is 0 Å². The molecule has 0 aliphatic rings. The van der Waals surface area contributed by atoms with Crippen molar-refractivity contribution in [3.05, 3.63) is 12.0 Å². The maximum absolute atomic E-state index is 5.27. The van der Waals surface area contributed by atoms with Crippen molar-refractivity contribution in [3.63, 3.8) is 0 Å². The van der Waals surface area contributed by atoms with Crippen LogP contribution in [0.4, 0.5) is 0 Å². The highest BCUT2D eigenvalue weighted by molar-refractivity contribution is 4.88. The minimum atomic E-state index is 0.641. The highest BCUT2D eigenvalue weighted by Gasteiger charge is 1.73. The number of hydrogen-bond acceptors (Lipinski definition) is 3. The molecule has 0 amide bonds. The van der Waals surface area contributed by atoms with Gasteiger partial charge in [-0.3, -0.25) is 0 Å². The van der Waals surface area contributed by atoms with Gasteiger partial charge in [0, 0.05) is 20.3 Å². The van der Waals surface area contributed by atoms with Gasteiger partial charge in [-0.2, -0.15) is 0 Å². The Balaban J connectivity index is 3.29. The van der Waals surface area contributed by atoms with Crippen LogP contribution in [0.25, 0.3) is 0 Å². The molecule has 0 aromatic rings. The lowest BCUT2D eigenvalue weighted by atomic mass is 10.7. The molecule has 3 heteroatoms. The molecule has 0 fully saturated rings. The zero-order chi connectivity index (χ0) is 5.70. The molecule has 0 bridgehead atoms. The quantitative estimate of drug-likeness (QED) is 0.426. The zero-order valence-electron chi connectivity index (χ0n) is 4.65. The van der Waals surface area contributed by atoms with Crippen LogP contribution < -0.4 is 16.4 Å². The van der Waals surface area contributed by atoms with Gasteiger partial charge in [0.15, 0.2) is 0 Å². The summed E-state index contributed by atoms with van der Waals surface area (Å²) in [5.41, 5.74) is 5.27. The number of hydrogen-bond donors (Lipinski definition) is 3. The molecule has 0 aliphatic heterocycles. The third-order valence-corrected chi connectivity index (χ3v) is 0.589. The standard InChI is InChI=1S/C4H11N3/c1-6-3-4(5)7-2/h3,6-7H,5H2,1-2H3/b4-3+. The van der Waals surface area contributed by atoms with Crippen molar-refractivity contribution in [1.82, 2.24) is 10.6 Å². The van der Waals surface area contributed by atoms with Gasteiger partial charge in [0.1, 0.15) is 5.82 Å². The van der Waals surface area contributed by atoms with Crippen molar-refractivity contribution in [2.24, 2.45) is 5.73 Å². The molecule has 42 valence electrons. The van der Waals surface area contributed by atoms with Crippen LogP contribution in [0.1, 0.15) is 0 Å². The van der Waals surface area contributed by atoms with E-state index in [1.165, 1.54) is 0 Å². The molecule has 0 unspecified atom stereocenters. The van der Waals surface area contributed by atoms with E-state index in [0.717, 1.165) is 0 Å². The first kappa shape index (κ1) is 6.14. The minimum Gasteiger partial charge on any atom is -0.391 e. The van der Waals surface area contributed by atoms with Crippen LogP contribution in [0.2, 0.25) is 0 Å². The monoisotopic (exact) mass is 101 g/mol. The largest absolute Gasteiger partial charge is 0.391 e. The molecule has 3 nitrogen and oxygen atoms in total. The SMILES string of the molecule is CN/C=C(\N)NC. The van der Waals surface area contributed by atoms with Crippen molar-refractivity contribution < 1.29 is 0 Å². The van der Waals surface area contributed by atoms with E-state index < -0.39 is 0 Å². The van der Waals surface area contributed by atoms with E-state index in [9.17, 15) is 0 Å². The van der Waals surface area contributed by atoms with Gasteiger partial charge in [-0.05, 0) is 0 Å². The van der Waals surface area contributed by atoms with E-state index in [2.05, 4.69) is 10.6 Å². The molecule has 7 heavy (non-hydrogen) atoms. The van der Waals surface area contributed by atoms with Gasteiger partial charge in [0.05, 0.1) is 0 Å². The van der Waals surface area contributed by atoms with Crippen molar-refractivity contribution in [2.75, 3.05) is 14.1 Å². The topological polar surface area (TPSA) is 50.1 Å². The van der Waals surface area contributed by atoms with Crippen LogP contribution in [-0.4, -0.2) is 14.1 Å². The Labute approximate surface area is 43.6 Å². The van der Waals surface area contributed by atoms with Gasteiger partial charge in [-0.15, -0.1) is 0 Å². The molecule has 0 heterocycles. The molecule has 0 saturated carbocycles. The maximum atomic E-state index is 5.27. The number of rotatable bonds is 2. The Morgan fingerprint density at radius 1 is 1.57 bits per heavy atom. The Hall–Kier alpha value is -0.860. The molecular formula is C4H11N3. The number of nitrogens with one attached hydrogen (secondary N) is 2. The summed E-state index contributed by atoms with van der Waals surface area (Å²) < 4.78 is 0. The molecule has 0 rings (SSSR count). The van der Waals surface area contributed by atoms with E-state index in [4.69, 9.17) is 5.73 Å². The van der Waals surface area contributed by atoms with Gasteiger partial charge >= 0.3 is 0 Å². The van der Waals surface area contributed by atoms with Gasteiger partial charge in [0.25, 0.3) is 0 Å². The molecule has 0 aromatic heterocycles. The Kier molecular flexibility index (Phi) is 2.92. The second-order valence-electron chi connectivity index (χ2n) is 1.14. The van der Waals surface area contributed by atoms with E-state index in [0.29, 0.717) is 5.82 Å². The van der Waals surface area contributed by atoms with Crippen LogP contribution in [-0.2, 0) is 0 Å². The van der Waals surface area contributed by atoms with Gasteiger partial charge in [-0.1, -0.05) is 0 Å². The maximum Gasteiger partial charge on any atom is 0.112 e. The Morgan fingerprint density at radius 2 is 2.14 bits per heavy atom. The molecule has 0 saturated heterocycles. The predicted octanol–water partition coefficient (Wildman–Crippen LogP) is -0.817. The molecule has 4 N–H and O–H groups in total. The van der Waals surface area contributed by atoms with Crippen LogP contribution in [0.15, 0.2) is 12.0 Å². The molecule has 0 spiro atoms. The van der Waals surface area contributed by atoms with E-state index in [1.807, 2.05) is 0 Å². The average Bonchev–Trinajstić information content (AvgIpc) is 1.68. The summed E-state index contributed by atoms with van der Waals surface area (Å²) >= 11 is 0. The van der Waals surface area contributed by atoms with E-state index >= 15 is 0 Å². The third kappa shape index (κ3) is 2.96. The predicted molar refractivity (Wildman–Crippen MR) is 30.4 cm³/mol. The smallest absolute Gasteiger partial charge is 0.112 e. The first-order valence-electron chi connectivity index (χ1n) is 2.12. The average molecular weight is 101 g/mol. The minimum absolute atomic E-state index is 0.641. The third-order valence-electron chi connectivity index (χ3n) is 0.589. The zero-order valence-corrected chi connectivity index (χ0v) is 4.65. The lowest BCUT2D eigenvalue weighted by Gasteiger charge is -1.95. The fourth-order valence-electron chi connectivity index (χ4n) is 0.228. The lowest BCUT2D eigenvalue weighted by Crippen LogP contribution is -2.17. The normalized spacial score (nSPS) is 10.9. The number of nitrogens with two attached hydrogens (primary N) is 1. The van der Waals surface area contributed by atoms with Gasteiger partial charge < -0.3 is 16.4 Å². The van der Waals surface area contributed by atoms with E-state index in [1.54, 1.807) is 20.3 Å². The highest BCUT2D eigenvalue weighted by atomic mass is 15.0. The van der Waals surface area contributed by atoms with Crippen molar-refractivity contribution in [3.8, 4) is 0 Å². The van der Waals surface area contributed by atoms with Crippen LogP contribution in [0.5, 0.6) is 0 Å². The first-order chi connectivity index (χ1) is 3.31.